The third-order valence-electron chi connectivity index (χ3n) is 6.70. The monoisotopic (exact) mass is 463 g/mol. The van der Waals surface area contributed by atoms with Crippen molar-refractivity contribution in [3.05, 3.63) is 39.1 Å². The van der Waals surface area contributed by atoms with Crippen molar-refractivity contribution in [3.8, 4) is 5.75 Å². The van der Waals surface area contributed by atoms with Crippen LogP contribution in [0.5, 0.6) is 5.75 Å². The number of carbonyl (C=O) groups excluding carboxylic acids is 3. The van der Waals surface area contributed by atoms with Crippen molar-refractivity contribution in [3.63, 3.8) is 0 Å². The number of nitrogens with two attached hydrogens (primary N) is 2. The summed E-state index contributed by atoms with van der Waals surface area (Å²) in [4.78, 5) is 39.9. The van der Waals surface area contributed by atoms with E-state index in [-0.39, 0.29) is 34.7 Å². The standard InChI is InChI=1S/C21H22ClN3O7/c1-25(2)14-8-4-6-3-7-5-9(22)13(23)16(27)10(7)15(26)11(6)18(29)21(8,32)19(30)12(17(14)28)20(24)31/h5-6,8,14,26-27,30,32H,3-4,23H2,1-2H3,(H2,24,31)/t6-,8-,14-,21-/m0/s1. The van der Waals surface area contributed by atoms with E-state index in [1.807, 2.05) is 0 Å². The van der Waals surface area contributed by atoms with E-state index in [2.05, 4.69) is 0 Å². The quantitative estimate of drug-likeness (QED) is 0.202. The number of amides is 1. The van der Waals surface area contributed by atoms with Gasteiger partial charge in [0.05, 0.1) is 22.3 Å². The van der Waals surface area contributed by atoms with Crippen LogP contribution in [0.2, 0.25) is 5.02 Å². The number of Topliss-reactive ketones (excluding diaryl/α,β-unsaturated/α-hetero) is 2. The lowest BCUT2D eigenvalue weighted by molar-refractivity contribution is -0.153. The molecule has 0 saturated heterocycles. The minimum Gasteiger partial charge on any atom is -0.508 e. The number of halogens is 1. The second-order valence-electron chi connectivity index (χ2n) is 8.62. The fourth-order valence-electron chi connectivity index (χ4n) is 5.28. The number of hydrogen-bond donors (Lipinski definition) is 6. The maximum atomic E-state index is 13.6. The summed E-state index contributed by atoms with van der Waals surface area (Å²) in [5.41, 5.74) is 7.41. The molecule has 1 aromatic rings. The molecule has 3 aliphatic rings. The number of nitrogens with zero attached hydrogens (tertiary/aromatic N) is 1. The van der Waals surface area contributed by atoms with Gasteiger partial charge in [0.2, 0.25) is 5.78 Å². The highest BCUT2D eigenvalue weighted by Crippen LogP contribution is 2.53. The Morgan fingerprint density at radius 1 is 1.25 bits per heavy atom. The molecule has 0 heterocycles. The number of primary amides is 1. The molecule has 3 aliphatic carbocycles. The lowest BCUT2D eigenvalue weighted by Gasteiger charge is -2.50. The van der Waals surface area contributed by atoms with E-state index < -0.39 is 63.8 Å². The summed E-state index contributed by atoms with van der Waals surface area (Å²) in [6, 6.07) is 0.346. The fraction of sp³-hybridized carbons (Fsp3) is 0.381. The Labute approximate surface area is 187 Å². The minimum atomic E-state index is -2.67. The number of aliphatic hydroxyl groups excluding tert-OH is 2. The number of likely N-dealkylation sites (N-methyl/N-ethyl adjacent to an activating group) is 1. The first-order valence-corrected chi connectivity index (χ1v) is 10.2. The Morgan fingerprint density at radius 2 is 1.88 bits per heavy atom. The third-order valence-corrected chi connectivity index (χ3v) is 7.01. The van der Waals surface area contributed by atoms with Gasteiger partial charge in [0.25, 0.3) is 5.91 Å². The average Bonchev–Trinajstić information content (AvgIpc) is 2.68. The van der Waals surface area contributed by atoms with Crippen molar-refractivity contribution in [2.45, 2.75) is 24.5 Å². The summed E-state index contributed by atoms with van der Waals surface area (Å²) in [5, 5.41) is 43.6. The van der Waals surface area contributed by atoms with E-state index in [4.69, 9.17) is 23.1 Å². The average molecular weight is 464 g/mol. The Bertz CT molecular complexity index is 1170. The molecule has 1 fully saturated rings. The molecule has 0 bridgehead atoms. The predicted octanol–water partition coefficient (Wildman–Crippen LogP) is 0.200. The molecule has 0 aliphatic heterocycles. The van der Waals surface area contributed by atoms with E-state index in [0.29, 0.717) is 5.56 Å². The number of phenols is 1. The number of phenolic OH excluding ortho intramolecular Hbond substituents is 1. The highest BCUT2D eigenvalue weighted by Gasteiger charge is 2.64. The minimum absolute atomic E-state index is 0.00845. The molecule has 32 heavy (non-hydrogen) atoms. The maximum Gasteiger partial charge on any atom is 0.255 e. The largest absolute Gasteiger partial charge is 0.508 e. The first kappa shape index (κ1) is 22.1. The molecule has 0 aromatic heterocycles. The van der Waals surface area contributed by atoms with Crippen molar-refractivity contribution < 1.29 is 34.8 Å². The van der Waals surface area contributed by atoms with Crippen LogP contribution < -0.4 is 11.5 Å². The van der Waals surface area contributed by atoms with Crippen LogP contribution in [0.25, 0.3) is 5.76 Å². The van der Waals surface area contributed by atoms with Crippen LogP contribution in [0.4, 0.5) is 5.69 Å². The number of hydrogen-bond acceptors (Lipinski definition) is 9. The lowest BCUT2D eigenvalue weighted by Crippen LogP contribution is -2.65. The van der Waals surface area contributed by atoms with Gasteiger partial charge >= 0.3 is 0 Å². The van der Waals surface area contributed by atoms with Crippen molar-refractivity contribution in [1.82, 2.24) is 4.90 Å². The summed E-state index contributed by atoms with van der Waals surface area (Å²) in [6.07, 6.45) is 0.163. The molecule has 1 aromatic carbocycles. The Kier molecular flexibility index (Phi) is 4.81. The normalized spacial score (nSPS) is 29.7. The zero-order chi connectivity index (χ0) is 23.9. The van der Waals surface area contributed by atoms with Gasteiger partial charge in [-0.1, -0.05) is 11.6 Å². The van der Waals surface area contributed by atoms with Crippen LogP contribution in [0.1, 0.15) is 17.5 Å². The van der Waals surface area contributed by atoms with Gasteiger partial charge in [-0.05, 0) is 44.5 Å². The van der Waals surface area contributed by atoms with Crippen LogP contribution in [0.15, 0.2) is 23.0 Å². The van der Waals surface area contributed by atoms with E-state index in [9.17, 15) is 34.8 Å². The van der Waals surface area contributed by atoms with Gasteiger partial charge in [-0.3, -0.25) is 19.3 Å². The molecule has 1 saturated carbocycles. The SMILES string of the molecule is CN(C)[C@@H]1C(=O)C(C(N)=O)=C(O)[C@@]2(O)C(=O)C3=C(O)c4c(cc(Cl)c(N)c4O)C[C@H]3C[C@@H]12. The molecule has 4 rings (SSSR count). The van der Waals surface area contributed by atoms with Crippen molar-refractivity contribution in [2.75, 3.05) is 19.8 Å². The van der Waals surface area contributed by atoms with Crippen LogP contribution in [0, 0.1) is 11.8 Å². The van der Waals surface area contributed by atoms with Gasteiger partial charge in [-0.2, -0.15) is 0 Å². The van der Waals surface area contributed by atoms with Gasteiger partial charge in [0.15, 0.2) is 17.1 Å². The number of fused-ring (bicyclic) bond motifs is 3. The van der Waals surface area contributed by atoms with Crippen LogP contribution in [-0.4, -0.2) is 68.5 Å². The first-order valence-electron chi connectivity index (χ1n) is 9.78. The highest BCUT2D eigenvalue weighted by molar-refractivity contribution is 6.33. The smallest absolute Gasteiger partial charge is 0.255 e. The third kappa shape index (κ3) is 2.63. The summed E-state index contributed by atoms with van der Waals surface area (Å²) < 4.78 is 0. The molecule has 0 spiro atoms. The Morgan fingerprint density at radius 3 is 2.44 bits per heavy atom. The Hall–Kier alpha value is -3.08. The highest BCUT2D eigenvalue weighted by atomic mass is 35.5. The van der Waals surface area contributed by atoms with Gasteiger partial charge in [-0.15, -0.1) is 0 Å². The summed E-state index contributed by atoms with van der Waals surface area (Å²) in [7, 11) is 3.07. The van der Waals surface area contributed by atoms with Crippen LogP contribution in [-0.2, 0) is 20.8 Å². The second kappa shape index (κ2) is 6.96. The molecule has 1 amide bonds. The molecule has 0 unspecified atom stereocenters. The lowest BCUT2D eigenvalue weighted by atomic mass is 9.57. The Balaban J connectivity index is 1.99. The zero-order valence-electron chi connectivity index (χ0n) is 17.2. The van der Waals surface area contributed by atoms with Gasteiger partial charge < -0.3 is 31.9 Å². The second-order valence-corrected chi connectivity index (χ2v) is 9.02. The van der Waals surface area contributed by atoms with Crippen molar-refractivity contribution >= 4 is 40.5 Å². The first-order chi connectivity index (χ1) is 14.8. The van der Waals surface area contributed by atoms with Crippen molar-refractivity contribution in [2.24, 2.45) is 17.6 Å². The molecule has 11 heteroatoms. The summed E-state index contributed by atoms with van der Waals surface area (Å²) in [5.74, 6) is -7.20. The zero-order valence-corrected chi connectivity index (χ0v) is 18.0. The summed E-state index contributed by atoms with van der Waals surface area (Å²) in [6.45, 7) is 0. The molecular weight excluding hydrogens is 442 g/mol. The van der Waals surface area contributed by atoms with E-state index in [1.165, 1.54) is 25.1 Å². The number of rotatable bonds is 2. The van der Waals surface area contributed by atoms with Gasteiger partial charge in [0, 0.05) is 11.5 Å². The van der Waals surface area contributed by atoms with Crippen molar-refractivity contribution in [1.29, 1.82) is 0 Å². The molecule has 4 atom stereocenters. The van der Waals surface area contributed by atoms with E-state index in [1.54, 1.807) is 0 Å². The number of aromatic hydroxyl groups is 1. The number of carbonyl (C=O) groups is 3. The number of benzene rings is 1. The number of aliphatic hydroxyl groups is 3. The van der Waals surface area contributed by atoms with Crippen LogP contribution in [0.3, 0.4) is 0 Å². The van der Waals surface area contributed by atoms with Gasteiger partial charge in [-0.25, -0.2) is 0 Å². The maximum absolute atomic E-state index is 13.6. The van der Waals surface area contributed by atoms with E-state index in [0.717, 1.165) is 0 Å². The summed E-state index contributed by atoms with van der Waals surface area (Å²) >= 11 is 6.06. The van der Waals surface area contributed by atoms with Gasteiger partial charge in [0.1, 0.15) is 17.1 Å². The number of nitrogen functional groups attached to an aromatic ring is 1. The molecule has 8 N–H and O–H groups in total. The van der Waals surface area contributed by atoms with E-state index >= 15 is 0 Å². The fourth-order valence-corrected chi connectivity index (χ4v) is 5.50. The van der Waals surface area contributed by atoms with Crippen LogP contribution >= 0.6 is 11.6 Å². The molecule has 10 nitrogen and oxygen atoms in total. The predicted molar refractivity (Wildman–Crippen MR) is 114 cm³/mol. The molecule has 0 radical (unpaired) electrons. The number of ketones is 2. The molecular formula is C21H22ClN3O7. The number of anilines is 1. The topological polar surface area (TPSA) is 187 Å². The molecule has 170 valence electrons.